The first kappa shape index (κ1) is 8.31. The fourth-order valence-electron chi connectivity index (χ4n) is 1.40. The van der Waals surface area contributed by atoms with Gasteiger partial charge in [0.25, 0.3) is 0 Å². The van der Waals surface area contributed by atoms with Crippen molar-refractivity contribution in [2.45, 2.75) is 26.7 Å². The Morgan fingerprint density at radius 2 is 2.00 bits per heavy atom. The zero-order valence-electron chi connectivity index (χ0n) is 7.26. The smallest absolute Gasteiger partial charge is 0.219 e. The Kier molecular flexibility index (Phi) is 2.69. The van der Waals surface area contributed by atoms with Gasteiger partial charge in [0.1, 0.15) is 0 Å². The molecule has 0 atom stereocenters. The lowest BCUT2D eigenvalue weighted by molar-refractivity contribution is -0.129. The van der Waals surface area contributed by atoms with Crippen LogP contribution in [-0.4, -0.2) is 23.9 Å². The number of piperidine rings is 1. The topological polar surface area (TPSA) is 20.3 Å². The second-order valence-electron chi connectivity index (χ2n) is 2.95. The molecule has 0 aromatic carbocycles. The van der Waals surface area contributed by atoms with Crippen LogP contribution in [-0.2, 0) is 4.79 Å². The highest BCUT2D eigenvalue weighted by atomic mass is 16.2. The maximum atomic E-state index is 10.9. The lowest BCUT2D eigenvalue weighted by Gasteiger charge is -2.27. The van der Waals surface area contributed by atoms with Gasteiger partial charge in [0.05, 0.1) is 0 Å². The minimum atomic E-state index is 0.208. The number of nitrogens with zero attached hydrogens (tertiary/aromatic N) is 1. The summed E-state index contributed by atoms with van der Waals surface area (Å²) in [6.45, 7) is 5.53. The number of hydrogen-bond donors (Lipinski definition) is 0. The monoisotopic (exact) mass is 153 g/mol. The fourth-order valence-corrected chi connectivity index (χ4v) is 1.40. The largest absolute Gasteiger partial charge is 0.342 e. The minimum Gasteiger partial charge on any atom is -0.342 e. The van der Waals surface area contributed by atoms with Crippen LogP contribution >= 0.6 is 0 Å². The first-order valence-electron chi connectivity index (χ1n) is 4.13. The number of hydrogen-bond acceptors (Lipinski definition) is 1. The maximum Gasteiger partial charge on any atom is 0.219 e. The Hall–Kier alpha value is -0.790. The molecule has 0 unspecified atom stereocenters. The molecule has 1 saturated heterocycles. The third-order valence-corrected chi connectivity index (χ3v) is 2.26. The van der Waals surface area contributed by atoms with E-state index in [1.807, 2.05) is 4.90 Å². The van der Waals surface area contributed by atoms with E-state index in [9.17, 15) is 4.79 Å². The van der Waals surface area contributed by atoms with Crippen LogP contribution in [0.4, 0.5) is 0 Å². The van der Waals surface area contributed by atoms with E-state index in [0.29, 0.717) is 0 Å². The lowest BCUT2D eigenvalue weighted by atomic mass is 10.0. The van der Waals surface area contributed by atoms with E-state index in [1.54, 1.807) is 6.92 Å². The Bertz CT molecular complexity index is 174. The maximum absolute atomic E-state index is 10.9. The van der Waals surface area contributed by atoms with E-state index in [-0.39, 0.29) is 5.91 Å². The standard InChI is InChI=1S/C9H15NO/c1-3-9-4-6-10(7-5-9)8(2)11/h3H,4-7H2,1-2H3. The molecular weight excluding hydrogens is 138 g/mol. The van der Waals surface area contributed by atoms with Gasteiger partial charge in [-0.25, -0.2) is 0 Å². The van der Waals surface area contributed by atoms with Crippen LogP contribution in [0.2, 0.25) is 0 Å². The van der Waals surface area contributed by atoms with Gasteiger partial charge in [-0.3, -0.25) is 4.79 Å². The minimum absolute atomic E-state index is 0.208. The molecule has 2 nitrogen and oxygen atoms in total. The molecule has 0 N–H and O–H groups in total. The van der Waals surface area contributed by atoms with Gasteiger partial charge in [-0.1, -0.05) is 11.6 Å². The summed E-state index contributed by atoms with van der Waals surface area (Å²) in [4.78, 5) is 12.8. The van der Waals surface area contributed by atoms with Gasteiger partial charge in [-0.15, -0.1) is 0 Å². The second-order valence-corrected chi connectivity index (χ2v) is 2.95. The van der Waals surface area contributed by atoms with Crippen LogP contribution in [0.25, 0.3) is 0 Å². The van der Waals surface area contributed by atoms with E-state index in [1.165, 1.54) is 5.57 Å². The zero-order valence-corrected chi connectivity index (χ0v) is 7.26. The van der Waals surface area contributed by atoms with Gasteiger partial charge in [-0.05, 0) is 19.8 Å². The third kappa shape index (κ3) is 2.07. The summed E-state index contributed by atoms with van der Waals surface area (Å²) in [5.74, 6) is 0.208. The summed E-state index contributed by atoms with van der Waals surface area (Å²) in [6.07, 6.45) is 4.30. The fraction of sp³-hybridized carbons (Fsp3) is 0.667. The molecule has 1 heterocycles. The average Bonchev–Trinajstić information content (AvgIpc) is 2.05. The summed E-state index contributed by atoms with van der Waals surface area (Å²) in [5.41, 5.74) is 1.49. The predicted molar refractivity (Wildman–Crippen MR) is 45.2 cm³/mol. The van der Waals surface area contributed by atoms with Gasteiger partial charge in [0.2, 0.25) is 5.91 Å². The molecule has 0 radical (unpaired) electrons. The number of rotatable bonds is 0. The van der Waals surface area contributed by atoms with Crippen molar-refractivity contribution < 1.29 is 4.79 Å². The molecule has 2 heteroatoms. The van der Waals surface area contributed by atoms with Crippen molar-refractivity contribution in [3.8, 4) is 0 Å². The molecule has 0 aliphatic carbocycles. The highest BCUT2D eigenvalue weighted by molar-refractivity contribution is 5.73. The van der Waals surface area contributed by atoms with E-state index < -0.39 is 0 Å². The van der Waals surface area contributed by atoms with Crippen molar-refractivity contribution in [2.75, 3.05) is 13.1 Å². The average molecular weight is 153 g/mol. The summed E-state index contributed by atoms with van der Waals surface area (Å²) in [5, 5.41) is 0. The summed E-state index contributed by atoms with van der Waals surface area (Å²) >= 11 is 0. The Morgan fingerprint density at radius 1 is 1.45 bits per heavy atom. The molecule has 0 aromatic rings. The van der Waals surface area contributed by atoms with Crippen LogP contribution in [0, 0.1) is 0 Å². The summed E-state index contributed by atoms with van der Waals surface area (Å²) in [7, 11) is 0. The Balaban J connectivity index is 2.42. The van der Waals surface area contributed by atoms with E-state index in [4.69, 9.17) is 0 Å². The van der Waals surface area contributed by atoms with E-state index in [0.717, 1.165) is 25.9 Å². The van der Waals surface area contributed by atoms with Crippen molar-refractivity contribution in [1.29, 1.82) is 0 Å². The van der Waals surface area contributed by atoms with Crippen LogP contribution in [0.3, 0.4) is 0 Å². The Labute approximate surface area is 67.9 Å². The SMILES string of the molecule is CC=C1CCN(C(C)=O)CC1. The number of carbonyl (C=O) groups excluding carboxylic acids is 1. The lowest BCUT2D eigenvalue weighted by Crippen LogP contribution is -2.34. The molecule has 0 bridgehead atoms. The third-order valence-electron chi connectivity index (χ3n) is 2.26. The normalized spacial score (nSPS) is 18.4. The number of likely N-dealkylation sites (tertiary alicyclic amines) is 1. The van der Waals surface area contributed by atoms with Gasteiger partial charge < -0.3 is 4.90 Å². The van der Waals surface area contributed by atoms with Crippen molar-refractivity contribution in [3.63, 3.8) is 0 Å². The van der Waals surface area contributed by atoms with Crippen molar-refractivity contribution in [2.24, 2.45) is 0 Å². The summed E-state index contributed by atoms with van der Waals surface area (Å²) in [6, 6.07) is 0. The van der Waals surface area contributed by atoms with E-state index in [2.05, 4.69) is 13.0 Å². The van der Waals surface area contributed by atoms with Gasteiger partial charge >= 0.3 is 0 Å². The second kappa shape index (κ2) is 3.56. The molecule has 1 fully saturated rings. The van der Waals surface area contributed by atoms with E-state index >= 15 is 0 Å². The Morgan fingerprint density at radius 3 is 2.36 bits per heavy atom. The molecule has 1 amide bonds. The molecule has 1 rings (SSSR count). The first-order valence-corrected chi connectivity index (χ1v) is 4.13. The van der Waals surface area contributed by atoms with Crippen LogP contribution in [0.1, 0.15) is 26.7 Å². The molecule has 1 aliphatic heterocycles. The van der Waals surface area contributed by atoms with Crippen LogP contribution in [0.5, 0.6) is 0 Å². The quantitative estimate of drug-likeness (QED) is 0.484. The van der Waals surface area contributed by atoms with Gasteiger partial charge in [-0.2, -0.15) is 0 Å². The number of amides is 1. The highest BCUT2D eigenvalue weighted by Gasteiger charge is 2.14. The van der Waals surface area contributed by atoms with Crippen LogP contribution in [0.15, 0.2) is 11.6 Å². The van der Waals surface area contributed by atoms with Gasteiger partial charge in [0, 0.05) is 20.0 Å². The zero-order chi connectivity index (χ0) is 8.27. The van der Waals surface area contributed by atoms with Crippen LogP contribution < -0.4 is 0 Å². The number of carbonyl (C=O) groups is 1. The molecule has 62 valence electrons. The summed E-state index contributed by atoms with van der Waals surface area (Å²) < 4.78 is 0. The van der Waals surface area contributed by atoms with Crippen molar-refractivity contribution in [1.82, 2.24) is 4.90 Å². The predicted octanol–water partition coefficient (Wildman–Crippen LogP) is 1.58. The van der Waals surface area contributed by atoms with Gasteiger partial charge in [0.15, 0.2) is 0 Å². The van der Waals surface area contributed by atoms with Crippen molar-refractivity contribution in [3.05, 3.63) is 11.6 Å². The molecule has 0 spiro atoms. The molecule has 1 aliphatic rings. The number of allylic oxidation sites excluding steroid dienone is 1. The molecule has 0 aromatic heterocycles. The molecular formula is C9H15NO. The molecule has 11 heavy (non-hydrogen) atoms. The first-order chi connectivity index (χ1) is 5.24. The highest BCUT2D eigenvalue weighted by Crippen LogP contribution is 2.15. The van der Waals surface area contributed by atoms with Crippen molar-refractivity contribution >= 4 is 5.91 Å². The molecule has 0 saturated carbocycles.